The zero-order valence-corrected chi connectivity index (χ0v) is 19.3. The quantitative estimate of drug-likeness (QED) is 0.132. The number of esters is 1. The first-order chi connectivity index (χ1) is 13.8. The molecule has 0 aliphatic carbocycles. The average molecular weight is 421 g/mol. The summed E-state index contributed by atoms with van der Waals surface area (Å²) in [6.07, 6.45) is 5.55. The molecule has 0 radical (unpaired) electrons. The van der Waals surface area contributed by atoms with Crippen molar-refractivity contribution < 1.29 is 23.7 Å². The second kappa shape index (κ2) is 14.3. The lowest BCUT2D eigenvalue weighted by Crippen LogP contribution is -2.22. The fourth-order valence-electron chi connectivity index (χ4n) is 2.27. The van der Waals surface area contributed by atoms with Crippen molar-refractivity contribution in [3.05, 3.63) is 60.7 Å². The fourth-order valence-corrected chi connectivity index (χ4v) is 3.03. The number of hydrogen-bond acceptors (Lipinski definition) is 5. The summed E-state index contributed by atoms with van der Waals surface area (Å²) in [7, 11) is -1.07. The van der Waals surface area contributed by atoms with Crippen molar-refractivity contribution in [2.75, 3.05) is 20.0 Å². The number of hydrogen-bond donors (Lipinski definition) is 0. The summed E-state index contributed by atoms with van der Waals surface area (Å²) in [5.74, 6) is -0.403. The summed E-state index contributed by atoms with van der Waals surface area (Å²) in [6, 6.07) is 10.8. The van der Waals surface area contributed by atoms with Crippen LogP contribution in [0.2, 0.25) is 25.7 Å². The first kappa shape index (κ1) is 25.3. The standard InChI is InChI=1S/C23H36O5Si/c1-6-22(28-23(24)18-26-17-21-12-8-7-9-13-21)14-10-11-20(2)27-19-25-15-16-29(3,4)5/h6-13,20,22H,1,14-19H2,2-5H3/b11-10-/t20-,22-/m1/s1. The molecule has 29 heavy (non-hydrogen) atoms. The third-order valence-corrected chi connectivity index (χ3v) is 5.77. The molecule has 0 aliphatic heterocycles. The third kappa shape index (κ3) is 14.0. The van der Waals surface area contributed by atoms with Crippen LogP contribution in [0.15, 0.2) is 55.1 Å². The molecule has 0 fully saturated rings. The van der Waals surface area contributed by atoms with Crippen LogP contribution < -0.4 is 0 Å². The van der Waals surface area contributed by atoms with Gasteiger partial charge in [0.05, 0.1) is 12.7 Å². The van der Waals surface area contributed by atoms with Crippen molar-refractivity contribution >= 4 is 14.0 Å². The van der Waals surface area contributed by atoms with Gasteiger partial charge in [-0.3, -0.25) is 0 Å². The van der Waals surface area contributed by atoms with Crippen molar-refractivity contribution in [1.82, 2.24) is 0 Å². The van der Waals surface area contributed by atoms with E-state index in [1.807, 2.05) is 49.4 Å². The minimum atomic E-state index is -1.07. The maximum Gasteiger partial charge on any atom is 0.332 e. The smallest absolute Gasteiger partial charge is 0.332 e. The monoisotopic (exact) mass is 420 g/mol. The zero-order chi connectivity index (χ0) is 21.5. The van der Waals surface area contributed by atoms with Crippen LogP contribution in [0, 0.1) is 0 Å². The van der Waals surface area contributed by atoms with Gasteiger partial charge >= 0.3 is 5.97 Å². The van der Waals surface area contributed by atoms with Crippen LogP contribution in [0.1, 0.15) is 18.9 Å². The van der Waals surface area contributed by atoms with Gasteiger partial charge in [0.15, 0.2) is 0 Å². The van der Waals surface area contributed by atoms with E-state index in [9.17, 15) is 4.79 Å². The van der Waals surface area contributed by atoms with E-state index in [1.165, 1.54) is 0 Å². The van der Waals surface area contributed by atoms with E-state index in [0.29, 0.717) is 13.0 Å². The molecule has 0 unspecified atom stereocenters. The van der Waals surface area contributed by atoms with E-state index in [0.717, 1.165) is 18.2 Å². The summed E-state index contributed by atoms with van der Waals surface area (Å²) in [6.45, 7) is 14.0. The Kier molecular flexibility index (Phi) is 12.5. The van der Waals surface area contributed by atoms with Crippen LogP contribution in [0.3, 0.4) is 0 Å². The van der Waals surface area contributed by atoms with Crippen LogP contribution in [0.4, 0.5) is 0 Å². The molecule has 0 bridgehead atoms. The lowest BCUT2D eigenvalue weighted by atomic mass is 10.2. The molecule has 0 saturated carbocycles. The Hall–Kier alpha value is -1.73. The van der Waals surface area contributed by atoms with E-state index >= 15 is 0 Å². The Morgan fingerprint density at radius 1 is 1.17 bits per heavy atom. The van der Waals surface area contributed by atoms with E-state index in [2.05, 4.69) is 26.2 Å². The van der Waals surface area contributed by atoms with Crippen molar-refractivity contribution in [3.8, 4) is 0 Å². The first-order valence-electron chi connectivity index (χ1n) is 10.1. The molecule has 5 nitrogen and oxygen atoms in total. The summed E-state index contributed by atoms with van der Waals surface area (Å²) in [5.41, 5.74) is 1.02. The van der Waals surface area contributed by atoms with E-state index in [4.69, 9.17) is 18.9 Å². The Morgan fingerprint density at radius 2 is 1.90 bits per heavy atom. The van der Waals surface area contributed by atoms with Crippen LogP contribution in [0.25, 0.3) is 0 Å². The van der Waals surface area contributed by atoms with Crippen LogP contribution in [0.5, 0.6) is 0 Å². The van der Waals surface area contributed by atoms with Gasteiger partial charge in [-0.05, 0) is 18.5 Å². The molecule has 6 heteroatoms. The van der Waals surface area contributed by atoms with Gasteiger partial charge in [-0.2, -0.15) is 0 Å². The predicted octanol–water partition coefficient (Wildman–Crippen LogP) is 4.96. The lowest BCUT2D eigenvalue weighted by Gasteiger charge is -2.16. The van der Waals surface area contributed by atoms with Crippen LogP contribution >= 0.6 is 0 Å². The molecular formula is C23H36O5Si. The van der Waals surface area contributed by atoms with Crippen molar-refractivity contribution in [3.63, 3.8) is 0 Å². The number of carbonyl (C=O) groups excluding carboxylic acids is 1. The highest BCUT2D eigenvalue weighted by Crippen LogP contribution is 2.08. The van der Waals surface area contributed by atoms with E-state index in [1.54, 1.807) is 6.08 Å². The molecule has 1 aromatic rings. The second-order valence-electron chi connectivity index (χ2n) is 8.11. The number of carbonyl (C=O) groups is 1. The molecular weight excluding hydrogens is 384 g/mol. The summed E-state index contributed by atoms with van der Waals surface area (Å²) >= 11 is 0. The Bertz CT molecular complexity index is 609. The summed E-state index contributed by atoms with van der Waals surface area (Å²) < 4.78 is 21.9. The highest BCUT2D eigenvalue weighted by atomic mass is 28.3. The lowest BCUT2D eigenvalue weighted by molar-refractivity contribution is -0.152. The topological polar surface area (TPSA) is 54.0 Å². The highest BCUT2D eigenvalue weighted by molar-refractivity contribution is 6.76. The molecule has 0 aromatic heterocycles. The molecule has 0 saturated heterocycles. The van der Waals surface area contributed by atoms with Crippen molar-refractivity contribution in [2.24, 2.45) is 0 Å². The SMILES string of the molecule is C=C[C@H](C/C=C\[C@@H](C)OCOCC[Si](C)(C)C)OC(=O)COCc1ccccc1. The normalized spacial score (nSPS) is 13.9. The molecule has 0 heterocycles. The van der Waals surface area contributed by atoms with Crippen LogP contribution in [-0.4, -0.2) is 46.3 Å². The predicted molar refractivity (Wildman–Crippen MR) is 119 cm³/mol. The van der Waals surface area contributed by atoms with Gasteiger partial charge in [0.1, 0.15) is 19.5 Å². The maximum atomic E-state index is 11.9. The Labute approximate surface area is 176 Å². The van der Waals surface area contributed by atoms with Crippen molar-refractivity contribution in [2.45, 2.75) is 57.8 Å². The van der Waals surface area contributed by atoms with Gasteiger partial charge < -0.3 is 18.9 Å². The van der Waals surface area contributed by atoms with Crippen LogP contribution in [-0.2, 0) is 30.3 Å². The number of benzene rings is 1. The van der Waals surface area contributed by atoms with Gasteiger partial charge in [-0.25, -0.2) is 4.79 Å². The Morgan fingerprint density at radius 3 is 2.55 bits per heavy atom. The minimum Gasteiger partial charge on any atom is -0.456 e. The van der Waals surface area contributed by atoms with Crippen molar-refractivity contribution in [1.29, 1.82) is 0 Å². The second-order valence-corrected chi connectivity index (χ2v) is 13.7. The molecule has 162 valence electrons. The van der Waals surface area contributed by atoms with Gasteiger partial charge in [0.25, 0.3) is 0 Å². The van der Waals surface area contributed by atoms with Gasteiger partial charge in [0.2, 0.25) is 0 Å². The molecule has 0 amide bonds. The summed E-state index contributed by atoms with van der Waals surface area (Å²) in [5, 5.41) is 0. The third-order valence-electron chi connectivity index (χ3n) is 4.06. The molecule has 1 aromatic carbocycles. The number of ether oxygens (including phenoxy) is 4. The Balaban J connectivity index is 2.18. The minimum absolute atomic E-state index is 0.0720. The van der Waals surface area contributed by atoms with Gasteiger partial charge in [-0.1, -0.05) is 74.8 Å². The molecule has 1 rings (SSSR count). The molecule has 0 N–H and O–H groups in total. The first-order valence-corrected chi connectivity index (χ1v) is 13.8. The fraction of sp³-hybridized carbons (Fsp3) is 0.522. The van der Waals surface area contributed by atoms with E-state index in [-0.39, 0.29) is 25.6 Å². The van der Waals surface area contributed by atoms with Gasteiger partial charge in [0, 0.05) is 21.1 Å². The molecule has 0 aliphatic rings. The maximum absolute atomic E-state index is 11.9. The molecule has 2 atom stereocenters. The molecule has 0 spiro atoms. The van der Waals surface area contributed by atoms with E-state index < -0.39 is 14.0 Å². The average Bonchev–Trinajstić information content (AvgIpc) is 2.67. The zero-order valence-electron chi connectivity index (χ0n) is 18.3. The van der Waals surface area contributed by atoms with Gasteiger partial charge in [-0.15, -0.1) is 0 Å². The largest absolute Gasteiger partial charge is 0.456 e. The number of rotatable bonds is 15. The highest BCUT2D eigenvalue weighted by Gasteiger charge is 2.12. The summed E-state index contributed by atoms with van der Waals surface area (Å²) in [4.78, 5) is 11.9.